The summed E-state index contributed by atoms with van der Waals surface area (Å²) in [6, 6.07) is 36.0. The average Bonchev–Trinajstić information content (AvgIpc) is 3.92. The van der Waals surface area contributed by atoms with Crippen LogP contribution in [-0.4, -0.2) is 75.3 Å². The Morgan fingerprint density at radius 1 is 0.852 bits per heavy atom. The summed E-state index contributed by atoms with van der Waals surface area (Å²) in [5.74, 6) is 1.53. The largest absolute Gasteiger partial charge is 0.497 e. The summed E-state index contributed by atoms with van der Waals surface area (Å²) >= 11 is 0. The van der Waals surface area contributed by atoms with Gasteiger partial charge in [0, 0.05) is 23.7 Å². The molecular formula is C49H51N3O8Si. The maximum atomic E-state index is 15.6. The van der Waals surface area contributed by atoms with Gasteiger partial charge in [0.2, 0.25) is 5.91 Å². The molecule has 314 valence electrons. The summed E-state index contributed by atoms with van der Waals surface area (Å²) in [4.78, 5) is 49.4. The quantitative estimate of drug-likeness (QED) is 0.141. The van der Waals surface area contributed by atoms with Crippen molar-refractivity contribution in [1.29, 1.82) is 0 Å². The Kier molecular flexibility index (Phi) is 10.5. The fourth-order valence-electron chi connectivity index (χ4n) is 10.5. The summed E-state index contributed by atoms with van der Waals surface area (Å²) in [5.41, 5.74) is 2.32. The third kappa shape index (κ3) is 6.68. The highest BCUT2D eigenvalue weighted by atomic mass is 28.3. The first-order chi connectivity index (χ1) is 29.5. The zero-order valence-corrected chi connectivity index (χ0v) is 36.2. The highest BCUT2D eigenvalue weighted by Gasteiger charge is 2.66. The minimum Gasteiger partial charge on any atom is -0.497 e. The van der Waals surface area contributed by atoms with E-state index < -0.39 is 19.8 Å². The molecule has 0 radical (unpaired) electrons. The number of para-hydroxylation sites is 3. The minimum atomic E-state index is -2.54. The number of methoxy groups -OCH3 is 2. The second-order valence-electron chi connectivity index (χ2n) is 17.1. The Balaban J connectivity index is 1.11. The normalized spacial score (nSPS) is 23.1. The standard InChI is InChI=1S/C49H51N3O8Si/c1-31-46(61(4,5)37-22-19-35(57-2)20-23-37)44(28-45(54)50-25-11-14-34(50)30-53)60-49(31)39-27-36(58-3)21-24-40(39)51(48(49)56)29-32-12-10-13-33(26-32)52-41-16-7-9-18-43(41)59-42-17-8-6-15-38(42)47(52)55/h6-10,12-13,15-24,26-27,31,34,44,46,53H,11,14,25,28-30H2,1-5H3/t31-,34-,44+,46-,49+/m0/s1. The van der Waals surface area contributed by atoms with Gasteiger partial charge < -0.3 is 33.9 Å². The molecule has 5 aromatic carbocycles. The van der Waals surface area contributed by atoms with Crippen LogP contribution in [0, 0.1) is 5.92 Å². The number of anilines is 3. The van der Waals surface area contributed by atoms with Crippen LogP contribution in [-0.2, 0) is 26.5 Å². The average molecular weight is 838 g/mol. The smallest absolute Gasteiger partial charge is 0.266 e. The summed E-state index contributed by atoms with van der Waals surface area (Å²) in [5, 5.41) is 11.3. The number of amides is 3. The first-order valence-corrected chi connectivity index (χ1v) is 24.1. The Labute approximate surface area is 357 Å². The monoisotopic (exact) mass is 837 g/mol. The molecule has 0 unspecified atom stereocenters. The van der Waals surface area contributed by atoms with Crippen molar-refractivity contribution in [1.82, 2.24) is 4.90 Å². The predicted molar refractivity (Wildman–Crippen MR) is 236 cm³/mol. The van der Waals surface area contributed by atoms with Crippen LogP contribution in [0.5, 0.6) is 23.0 Å². The molecule has 2 fully saturated rings. The molecule has 12 heteroatoms. The molecule has 9 rings (SSSR count). The summed E-state index contributed by atoms with van der Waals surface area (Å²) in [6.07, 6.45) is 1.09. The van der Waals surface area contributed by atoms with Gasteiger partial charge in [-0.05, 0) is 90.7 Å². The second-order valence-corrected chi connectivity index (χ2v) is 21.8. The van der Waals surface area contributed by atoms with Crippen LogP contribution in [0.1, 0.15) is 47.7 Å². The van der Waals surface area contributed by atoms with Crippen molar-refractivity contribution < 1.29 is 38.4 Å². The van der Waals surface area contributed by atoms with E-state index in [0.717, 1.165) is 24.2 Å². The third-order valence-electron chi connectivity index (χ3n) is 13.5. The third-order valence-corrected chi connectivity index (χ3v) is 17.8. The molecule has 0 aliphatic carbocycles. The molecule has 3 amide bonds. The molecule has 0 bridgehead atoms. The minimum absolute atomic E-state index is 0.0713. The van der Waals surface area contributed by atoms with E-state index in [-0.39, 0.29) is 54.8 Å². The number of ether oxygens (including phenoxy) is 4. The highest BCUT2D eigenvalue weighted by Crippen LogP contribution is 2.61. The van der Waals surface area contributed by atoms with Crippen LogP contribution >= 0.6 is 0 Å². The van der Waals surface area contributed by atoms with Gasteiger partial charge in [-0.2, -0.15) is 0 Å². The summed E-state index contributed by atoms with van der Waals surface area (Å²) in [7, 11) is 0.711. The molecule has 4 aliphatic heterocycles. The van der Waals surface area contributed by atoms with Gasteiger partial charge in [-0.15, -0.1) is 0 Å². The van der Waals surface area contributed by atoms with Crippen LogP contribution in [0.4, 0.5) is 17.1 Å². The molecule has 0 saturated carbocycles. The lowest BCUT2D eigenvalue weighted by molar-refractivity contribution is -0.150. The molecule has 11 nitrogen and oxygen atoms in total. The van der Waals surface area contributed by atoms with Gasteiger partial charge >= 0.3 is 0 Å². The van der Waals surface area contributed by atoms with Gasteiger partial charge in [-0.25, -0.2) is 0 Å². The highest BCUT2D eigenvalue weighted by molar-refractivity contribution is 6.91. The van der Waals surface area contributed by atoms with E-state index in [1.54, 1.807) is 41.1 Å². The Bertz CT molecular complexity index is 2510. The molecule has 5 aromatic rings. The lowest BCUT2D eigenvalue weighted by atomic mass is 9.82. The van der Waals surface area contributed by atoms with Gasteiger partial charge in [0.1, 0.15) is 17.2 Å². The van der Waals surface area contributed by atoms with Crippen molar-refractivity contribution in [2.24, 2.45) is 5.92 Å². The molecule has 61 heavy (non-hydrogen) atoms. The molecule has 4 aliphatic rings. The van der Waals surface area contributed by atoms with E-state index in [2.05, 4.69) is 32.2 Å². The number of hydrogen-bond donors (Lipinski definition) is 1. The van der Waals surface area contributed by atoms with Crippen molar-refractivity contribution >= 4 is 48.0 Å². The topological polar surface area (TPSA) is 118 Å². The lowest BCUT2D eigenvalue weighted by Crippen LogP contribution is -2.52. The zero-order chi connectivity index (χ0) is 42.6. The number of hydrogen-bond acceptors (Lipinski definition) is 8. The number of aliphatic hydroxyl groups is 1. The number of carbonyl (C=O) groups is 3. The van der Waals surface area contributed by atoms with Crippen LogP contribution in [0.25, 0.3) is 0 Å². The fourth-order valence-corrected chi connectivity index (χ4v) is 14.5. The van der Waals surface area contributed by atoms with Crippen molar-refractivity contribution in [2.45, 2.75) is 69.1 Å². The van der Waals surface area contributed by atoms with Crippen molar-refractivity contribution in [2.75, 3.05) is 37.2 Å². The van der Waals surface area contributed by atoms with Crippen LogP contribution < -0.4 is 29.2 Å². The number of benzene rings is 5. The van der Waals surface area contributed by atoms with E-state index in [9.17, 15) is 14.7 Å². The number of aliphatic hydroxyl groups excluding tert-OH is 1. The Morgan fingerprint density at radius 3 is 2.33 bits per heavy atom. The maximum absolute atomic E-state index is 15.6. The Hall–Kier alpha value is -5.95. The predicted octanol–water partition coefficient (Wildman–Crippen LogP) is 7.92. The van der Waals surface area contributed by atoms with E-state index in [0.29, 0.717) is 52.0 Å². The van der Waals surface area contributed by atoms with Gasteiger partial charge in [-0.3, -0.25) is 19.3 Å². The molecule has 1 spiro atoms. The first kappa shape index (κ1) is 40.5. The maximum Gasteiger partial charge on any atom is 0.266 e. The van der Waals surface area contributed by atoms with Crippen LogP contribution in [0.15, 0.2) is 115 Å². The van der Waals surface area contributed by atoms with Crippen molar-refractivity contribution in [3.8, 4) is 23.0 Å². The second kappa shape index (κ2) is 15.8. The SMILES string of the molecule is COc1ccc([Si](C)(C)[C@@H]2[C@@H](CC(=O)N3CCC[C@H]3CO)O[C@]3(C(=O)N(Cc4cccc(N5C(=O)c6ccccc6Oc6ccccc65)c4)c4ccc(OC)cc43)[C@H]2C)cc1. The molecule has 5 atom stereocenters. The lowest BCUT2D eigenvalue weighted by Gasteiger charge is -2.37. The van der Waals surface area contributed by atoms with E-state index in [4.69, 9.17) is 18.9 Å². The molecule has 1 N–H and O–H groups in total. The van der Waals surface area contributed by atoms with Crippen molar-refractivity contribution in [3.63, 3.8) is 0 Å². The number of carbonyl (C=O) groups excluding carboxylic acids is 3. The van der Waals surface area contributed by atoms with Crippen LogP contribution in [0.3, 0.4) is 0 Å². The van der Waals surface area contributed by atoms with E-state index in [1.165, 1.54) is 5.19 Å². The molecule has 0 aromatic heterocycles. The van der Waals surface area contributed by atoms with Gasteiger partial charge in [-0.1, -0.05) is 73.7 Å². The Morgan fingerprint density at radius 2 is 1.57 bits per heavy atom. The molecular weight excluding hydrogens is 787 g/mol. The summed E-state index contributed by atoms with van der Waals surface area (Å²) < 4.78 is 24.8. The number of fused-ring (bicyclic) bond motifs is 4. The van der Waals surface area contributed by atoms with Gasteiger partial charge in [0.25, 0.3) is 11.8 Å². The van der Waals surface area contributed by atoms with E-state index in [1.807, 2.05) is 91.0 Å². The zero-order valence-electron chi connectivity index (χ0n) is 35.2. The molecule has 2 saturated heterocycles. The number of likely N-dealkylation sites (tertiary alicyclic amines) is 1. The summed E-state index contributed by atoms with van der Waals surface area (Å²) in [6.45, 7) is 7.38. The van der Waals surface area contributed by atoms with Crippen LogP contribution in [0.2, 0.25) is 18.6 Å². The van der Waals surface area contributed by atoms with E-state index >= 15 is 4.79 Å². The van der Waals surface area contributed by atoms with Crippen molar-refractivity contribution in [3.05, 3.63) is 132 Å². The number of rotatable bonds is 10. The van der Waals surface area contributed by atoms with Gasteiger partial charge in [0.15, 0.2) is 11.4 Å². The number of nitrogens with zero attached hydrogens (tertiary/aromatic N) is 3. The van der Waals surface area contributed by atoms with Gasteiger partial charge in [0.05, 0.1) is 70.9 Å². The molecule has 4 heterocycles. The first-order valence-electron chi connectivity index (χ1n) is 21.0. The fraction of sp³-hybridized carbons (Fsp3) is 0.327.